The molecule has 0 fully saturated rings. The molecular weight excluding hydrogens is 448 g/mol. The quantitative estimate of drug-likeness (QED) is 0.158. The highest BCUT2D eigenvalue weighted by atomic mass is 35.5. The van der Waals surface area contributed by atoms with Crippen molar-refractivity contribution in [1.82, 2.24) is 0 Å². The molecule has 192 valence electrons. The predicted octanol–water partition coefficient (Wildman–Crippen LogP) is -1.37. The number of aryl methyl sites for hydroxylation is 2. The maximum Gasteiger partial charge on any atom is 0.279 e. The number of aliphatic hydroxyl groups excluding tert-OH is 3. The van der Waals surface area contributed by atoms with E-state index >= 15 is 0 Å². The number of hydrogen-bond acceptors (Lipinski definition) is 6. The molecule has 2 unspecified atom stereocenters. The van der Waals surface area contributed by atoms with Crippen LogP contribution in [-0.2, 0) is 14.3 Å². The summed E-state index contributed by atoms with van der Waals surface area (Å²) in [7, 11) is 0. The first-order valence-corrected chi connectivity index (χ1v) is 11.6. The van der Waals surface area contributed by atoms with Gasteiger partial charge in [-0.05, 0) is 51.7 Å². The Morgan fingerprint density at radius 1 is 1.00 bits per heavy atom. The second-order valence-corrected chi connectivity index (χ2v) is 8.48. The van der Waals surface area contributed by atoms with Crippen LogP contribution in [0.25, 0.3) is 0 Å². The zero-order chi connectivity index (χ0) is 24.0. The molecule has 1 aromatic carbocycles. The van der Waals surface area contributed by atoms with E-state index in [2.05, 4.69) is 5.32 Å². The number of unbranched alkanes of at least 4 members (excludes halogenated alkanes) is 1. The Morgan fingerprint density at radius 2 is 1.52 bits per heavy atom. The van der Waals surface area contributed by atoms with Gasteiger partial charge in [0.2, 0.25) is 0 Å². The van der Waals surface area contributed by atoms with Crippen molar-refractivity contribution in [3.8, 4) is 0 Å². The zero-order valence-electron chi connectivity index (χ0n) is 20.6. The Kier molecular flexibility index (Phi) is 16.6. The van der Waals surface area contributed by atoms with Crippen LogP contribution in [-0.4, -0.2) is 97.1 Å². The summed E-state index contributed by atoms with van der Waals surface area (Å²) < 4.78 is 11.3. The summed E-state index contributed by atoms with van der Waals surface area (Å²) >= 11 is 0. The van der Waals surface area contributed by atoms with Crippen LogP contribution in [0.15, 0.2) is 18.2 Å². The number of nitrogens with one attached hydrogen (secondary N) is 1. The molecule has 0 radical (unpaired) electrons. The van der Waals surface area contributed by atoms with E-state index in [0.717, 1.165) is 42.7 Å². The molecule has 1 rings (SSSR count). The number of carbonyl (C=O) groups excluding carboxylic acids is 1. The standard InChI is InChI=1S/C24H42N2O6.ClH/c1-5-26(6-2,15-23(30)25-24-19(3)10-9-11-20(24)4)14-21(28)17-31-12-7-8-13-32-18-22(29)16-27;/h9-11,21-22,27-29H,5-8,12-18H2,1-4H3;1H. The second kappa shape index (κ2) is 17.2. The molecule has 0 heterocycles. The first-order chi connectivity index (χ1) is 15.3. The van der Waals surface area contributed by atoms with E-state index < -0.39 is 12.2 Å². The van der Waals surface area contributed by atoms with Crippen LogP contribution in [0.3, 0.4) is 0 Å². The highest BCUT2D eigenvalue weighted by Crippen LogP contribution is 2.20. The maximum atomic E-state index is 12.8. The van der Waals surface area contributed by atoms with Crippen molar-refractivity contribution in [3.05, 3.63) is 29.3 Å². The lowest BCUT2D eigenvalue weighted by Crippen LogP contribution is -3.00. The van der Waals surface area contributed by atoms with Gasteiger partial charge in [0, 0.05) is 18.9 Å². The normalized spacial score (nSPS) is 13.3. The monoisotopic (exact) mass is 490 g/mol. The smallest absolute Gasteiger partial charge is 0.279 e. The van der Waals surface area contributed by atoms with Crippen LogP contribution in [0.2, 0.25) is 0 Å². The zero-order valence-corrected chi connectivity index (χ0v) is 21.3. The minimum absolute atomic E-state index is 0. The third kappa shape index (κ3) is 12.1. The SMILES string of the molecule is CC[N+](CC)(CC(=O)Nc1c(C)cccc1C)CC(O)COCCCCOCC(O)CO.[Cl-]. The largest absolute Gasteiger partial charge is 1.00 e. The molecular formula is C24H43ClN2O6. The number of aliphatic hydroxyl groups is 3. The van der Waals surface area contributed by atoms with Gasteiger partial charge in [0.15, 0.2) is 6.54 Å². The number of amides is 1. The van der Waals surface area contributed by atoms with Gasteiger partial charge in [0.1, 0.15) is 18.8 Å². The number of rotatable bonds is 17. The van der Waals surface area contributed by atoms with Gasteiger partial charge >= 0.3 is 0 Å². The first kappa shape index (κ1) is 31.7. The number of ether oxygens (including phenoxy) is 2. The number of likely N-dealkylation sites (N-methyl/N-ethyl adjacent to an activating group) is 1. The van der Waals surface area contributed by atoms with Gasteiger partial charge in [-0.25, -0.2) is 0 Å². The molecule has 2 atom stereocenters. The summed E-state index contributed by atoms with van der Waals surface area (Å²) in [4.78, 5) is 12.8. The van der Waals surface area contributed by atoms with E-state index in [1.165, 1.54) is 0 Å². The summed E-state index contributed by atoms with van der Waals surface area (Å²) in [6.07, 6.45) is 0.0665. The van der Waals surface area contributed by atoms with Gasteiger partial charge < -0.3 is 47.0 Å². The minimum Gasteiger partial charge on any atom is -1.00 e. The average Bonchev–Trinajstić information content (AvgIpc) is 2.77. The van der Waals surface area contributed by atoms with Crippen LogP contribution in [0.1, 0.15) is 37.8 Å². The number of hydrogen-bond donors (Lipinski definition) is 4. The molecule has 0 saturated carbocycles. The molecule has 0 aliphatic heterocycles. The van der Waals surface area contributed by atoms with Gasteiger partial charge in [-0.15, -0.1) is 0 Å². The number of para-hydroxylation sites is 1. The third-order valence-electron chi connectivity index (χ3n) is 5.82. The molecule has 4 N–H and O–H groups in total. The molecule has 0 aromatic heterocycles. The fourth-order valence-corrected chi connectivity index (χ4v) is 3.66. The van der Waals surface area contributed by atoms with E-state index in [9.17, 15) is 15.0 Å². The van der Waals surface area contributed by atoms with Crippen molar-refractivity contribution >= 4 is 11.6 Å². The summed E-state index contributed by atoms with van der Waals surface area (Å²) in [6.45, 7) is 11.3. The fourth-order valence-electron chi connectivity index (χ4n) is 3.66. The van der Waals surface area contributed by atoms with Crippen molar-refractivity contribution in [2.24, 2.45) is 0 Å². The van der Waals surface area contributed by atoms with Gasteiger partial charge in [0.25, 0.3) is 5.91 Å². The van der Waals surface area contributed by atoms with E-state index in [1.807, 2.05) is 45.9 Å². The van der Waals surface area contributed by atoms with Gasteiger partial charge in [0.05, 0.1) is 32.9 Å². The van der Waals surface area contributed by atoms with Crippen LogP contribution >= 0.6 is 0 Å². The summed E-state index contributed by atoms with van der Waals surface area (Å²) in [5, 5.41) is 31.5. The Morgan fingerprint density at radius 3 is 2.00 bits per heavy atom. The van der Waals surface area contributed by atoms with Crippen LogP contribution < -0.4 is 17.7 Å². The van der Waals surface area contributed by atoms with Crippen molar-refractivity contribution in [2.75, 3.05) is 64.5 Å². The first-order valence-electron chi connectivity index (χ1n) is 11.6. The van der Waals surface area contributed by atoms with E-state index in [4.69, 9.17) is 14.6 Å². The average molecular weight is 491 g/mol. The van der Waals surface area contributed by atoms with E-state index in [1.54, 1.807) is 0 Å². The Bertz CT molecular complexity index is 652. The molecule has 0 aliphatic carbocycles. The lowest BCUT2D eigenvalue weighted by molar-refractivity contribution is -0.920. The van der Waals surface area contributed by atoms with E-state index in [0.29, 0.717) is 30.8 Å². The van der Waals surface area contributed by atoms with Crippen molar-refractivity contribution in [1.29, 1.82) is 0 Å². The van der Waals surface area contributed by atoms with Crippen molar-refractivity contribution in [2.45, 2.75) is 52.7 Å². The molecule has 9 heteroatoms. The van der Waals surface area contributed by atoms with Gasteiger partial charge in [-0.1, -0.05) is 18.2 Å². The highest BCUT2D eigenvalue weighted by molar-refractivity contribution is 5.93. The molecule has 0 saturated heterocycles. The van der Waals surface area contributed by atoms with Crippen LogP contribution in [0.4, 0.5) is 5.69 Å². The molecule has 33 heavy (non-hydrogen) atoms. The van der Waals surface area contributed by atoms with Gasteiger partial charge in [-0.3, -0.25) is 4.79 Å². The number of halogens is 1. The van der Waals surface area contributed by atoms with Crippen molar-refractivity contribution < 1.29 is 46.5 Å². The topological polar surface area (TPSA) is 108 Å². The second-order valence-electron chi connectivity index (χ2n) is 8.48. The number of carbonyl (C=O) groups is 1. The Hall–Kier alpha value is -1.26. The highest BCUT2D eigenvalue weighted by Gasteiger charge is 2.30. The van der Waals surface area contributed by atoms with Crippen LogP contribution in [0.5, 0.6) is 0 Å². The molecule has 0 aliphatic rings. The number of anilines is 1. The number of nitrogens with zero attached hydrogens (tertiary/aromatic N) is 1. The molecule has 0 bridgehead atoms. The van der Waals surface area contributed by atoms with E-state index in [-0.39, 0.29) is 38.1 Å². The number of quaternary nitrogens is 1. The lowest BCUT2D eigenvalue weighted by Gasteiger charge is -2.37. The maximum absolute atomic E-state index is 12.8. The summed E-state index contributed by atoms with van der Waals surface area (Å²) in [5.41, 5.74) is 2.93. The van der Waals surface area contributed by atoms with Crippen LogP contribution in [0, 0.1) is 13.8 Å². The Labute approximate surface area is 204 Å². The van der Waals surface area contributed by atoms with Gasteiger partial charge in [-0.2, -0.15) is 0 Å². The minimum atomic E-state index is -0.834. The molecule has 1 amide bonds. The number of benzene rings is 1. The molecule has 1 aromatic rings. The third-order valence-corrected chi connectivity index (χ3v) is 5.82. The lowest BCUT2D eigenvalue weighted by atomic mass is 10.1. The molecule has 0 spiro atoms. The summed E-state index contributed by atoms with van der Waals surface area (Å²) in [5.74, 6) is -0.0504. The fraction of sp³-hybridized carbons (Fsp3) is 0.708. The Balaban J connectivity index is 0.0000102. The van der Waals surface area contributed by atoms with Crippen molar-refractivity contribution in [3.63, 3.8) is 0 Å². The predicted molar refractivity (Wildman–Crippen MR) is 126 cm³/mol. The summed E-state index contributed by atoms with van der Waals surface area (Å²) in [6, 6.07) is 5.94. The molecule has 8 nitrogen and oxygen atoms in total.